The number of rotatable bonds is 5. The highest BCUT2D eigenvalue weighted by atomic mass is 32.1. The summed E-state index contributed by atoms with van der Waals surface area (Å²) >= 11 is 1.41. The molecule has 0 aromatic carbocycles. The number of carbonyl (C=O) groups is 1. The van der Waals surface area contributed by atoms with E-state index in [0.29, 0.717) is 18.0 Å². The van der Waals surface area contributed by atoms with Crippen molar-refractivity contribution in [3.8, 4) is 10.8 Å². The number of ether oxygens (including phenoxy) is 1. The van der Waals surface area contributed by atoms with Crippen LogP contribution >= 0.6 is 11.3 Å². The number of nitrogens with zero attached hydrogens (tertiary/aromatic N) is 2. The largest absolute Gasteiger partial charge is 0.459 e. The van der Waals surface area contributed by atoms with Gasteiger partial charge in [0.1, 0.15) is 11.5 Å². The molecule has 7 heteroatoms. The third-order valence-electron chi connectivity index (χ3n) is 4.65. The van der Waals surface area contributed by atoms with Gasteiger partial charge in [-0.2, -0.15) is 0 Å². The number of aromatic nitrogens is 1. The molecule has 2 atom stereocenters. The molecule has 1 N–H and O–H groups in total. The number of nitrogens with one attached hydrogen (secondary N) is 1. The fourth-order valence-electron chi connectivity index (χ4n) is 3.21. The number of hydrogen-bond donors (Lipinski definition) is 1. The van der Waals surface area contributed by atoms with Crippen LogP contribution in [0.2, 0.25) is 0 Å². The molecule has 3 rings (SSSR count). The zero-order chi connectivity index (χ0) is 18.9. The minimum Gasteiger partial charge on any atom is -0.459 e. The molecular formula is C19H27N3O3S. The third-order valence-corrected chi connectivity index (χ3v) is 5.50. The van der Waals surface area contributed by atoms with Crippen molar-refractivity contribution in [1.82, 2.24) is 15.2 Å². The van der Waals surface area contributed by atoms with Crippen LogP contribution in [0.15, 0.2) is 21.9 Å². The molecule has 0 bridgehead atoms. The van der Waals surface area contributed by atoms with Crippen molar-refractivity contribution in [3.05, 3.63) is 29.0 Å². The van der Waals surface area contributed by atoms with Gasteiger partial charge in [0, 0.05) is 30.6 Å². The van der Waals surface area contributed by atoms with Crippen molar-refractivity contribution in [1.29, 1.82) is 0 Å². The lowest BCUT2D eigenvalue weighted by molar-refractivity contribution is -0.0948. The van der Waals surface area contributed by atoms with Crippen LogP contribution in [0.5, 0.6) is 0 Å². The summed E-state index contributed by atoms with van der Waals surface area (Å²) in [5.41, 5.74) is 0.275. The van der Waals surface area contributed by atoms with E-state index in [1.165, 1.54) is 11.3 Å². The molecule has 2 aromatic rings. The van der Waals surface area contributed by atoms with Crippen LogP contribution in [0.1, 0.15) is 43.9 Å². The Labute approximate surface area is 158 Å². The highest BCUT2D eigenvalue weighted by Crippen LogP contribution is 2.26. The van der Waals surface area contributed by atoms with Gasteiger partial charge in [-0.05, 0) is 46.8 Å². The number of aryl methyl sites for hydroxylation is 1. The Hall–Kier alpha value is -1.70. The quantitative estimate of drug-likeness (QED) is 0.866. The van der Waals surface area contributed by atoms with Crippen LogP contribution < -0.4 is 5.32 Å². The molecule has 0 unspecified atom stereocenters. The average molecular weight is 378 g/mol. The highest BCUT2D eigenvalue weighted by Gasteiger charge is 2.33. The van der Waals surface area contributed by atoms with Crippen molar-refractivity contribution in [2.24, 2.45) is 0 Å². The summed E-state index contributed by atoms with van der Waals surface area (Å²) in [6.07, 6.45) is 0.401. The Morgan fingerprint density at radius 3 is 2.65 bits per heavy atom. The topological polar surface area (TPSA) is 67.6 Å². The maximum atomic E-state index is 12.5. The van der Waals surface area contributed by atoms with E-state index in [9.17, 15) is 4.79 Å². The predicted octanol–water partition coefficient (Wildman–Crippen LogP) is 3.33. The molecule has 2 aromatic heterocycles. The normalized spacial score (nSPS) is 21.7. The molecular weight excluding hydrogens is 350 g/mol. The van der Waals surface area contributed by atoms with E-state index in [1.54, 1.807) is 5.38 Å². The smallest absolute Gasteiger partial charge is 0.270 e. The Kier molecular flexibility index (Phi) is 5.50. The maximum Gasteiger partial charge on any atom is 0.270 e. The van der Waals surface area contributed by atoms with E-state index < -0.39 is 0 Å². The first-order valence-electron chi connectivity index (χ1n) is 8.95. The molecule has 0 radical (unpaired) electrons. The summed E-state index contributed by atoms with van der Waals surface area (Å²) in [7, 11) is 0. The number of hydrogen-bond acceptors (Lipinski definition) is 6. The maximum absolute atomic E-state index is 12.5. The van der Waals surface area contributed by atoms with Gasteiger partial charge < -0.3 is 14.5 Å². The number of carbonyl (C=O) groups excluding carboxylic acids is 1. The molecule has 0 spiro atoms. The summed E-state index contributed by atoms with van der Waals surface area (Å²) < 4.78 is 11.4. The number of furan rings is 1. The Bertz CT molecular complexity index is 758. The van der Waals surface area contributed by atoms with Gasteiger partial charge in [-0.25, -0.2) is 4.98 Å². The summed E-state index contributed by atoms with van der Waals surface area (Å²) in [4.78, 5) is 19.3. The molecule has 6 nitrogen and oxygen atoms in total. The fourth-order valence-corrected chi connectivity index (χ4v) is 3.97. The first-order valence-corrected chi connectivity index (χ1v) is 9.83. The standard InChI is InChI=1S/C19H27N3O3S/c1-12-6-7-16(25-12)18-21-15(10-26-18)17(23)20-11-19(4,5)22-8-13(2)24-14(3)9-22/h6-7,10,13-14H,8-9,11H2,1-5H3,(H,20,23)/t13-,14-/m1/s1. The molecule has 1 aliphatic rings. The van der Waals surface area contributed by atoms with Gasteiger partial charge in [-0.3, -0.25) is 9.69 Å². The first kappa shape index (κ1) is 19.1. The minimum absolute atomic E-state index is 0.154. The molecule has 3 heterocycles. The van der Waals surface area contributed by atoms with Crippen LogP contribution in [-0.4, -0.2) is 53.2 Å². The van der Waals surface area contributed by atoms with Gasteiger partial charge in [-0.15, -0.1) is 11.3 Å². The van der Waals surface area contributed by atoms with Gasteiger partial charge in [0.25, 0.3) is 5.91 Å². The van der Waals surface area contributed by atoms with Gasteiger partial charge in [0.15, 0.2) is 10.8 Å². The van der Waals surface area contributed by atoms with Crippen molar-refractivity contribution in [3.63, 3.8) is 0 Å². The zero-order valence-electron chi connectivity index (χ0n) is 16.0. The Morgan fingerprint density at radius 2 is 2.04 bits per heavy atom. The van der Waals surface area contributed by atoms with Crippen molar-refractivity contribution in [2.75, 3.05) is 19.6 Å². The summed E-state index contributed by atoms with van der Waals surface area (Å²) in [5.74, 6) is 1.37. The van der Waals surface area contributed by atoms with E-state index in [1.807, 2.05) is 19.1 Å². The molecule has 0 saturated carbocycles. The predicted molar refractivity (Wildman–Crippen MR) is 103 cm³/mol. The van der Waals surface area contributed by atoms with Gasteiger partial charge in [-0.1, -0.05) is 0 Å². The highest BCUT2D eigenvalue weighted by molar-refractivity contribution is 7.13. The van der Waals surface area contributed by atoms with Crippen LogP contribution in [0, 0.1) is 6.92 Å². The van der Waals surface area contributed by atoms with Crippen LogP contribution in [-0.2, 0) is 4.74 Å². The van der Waals surface area contributed by atoms with Crippen molar-refractivity contribution >= 4 is 17.2 Å². The Balaban J connectivity index is 1.60. The summed E-state index contributed by atoms with van der Waals surface area (Å²) in [6, 6.07) is 3.77. The number of amides is 1. The molecule has 1 saturated heterocycles. The zero-order valence-corrected chi connectivity index (χ0v) is 16.9. The van der Waals surface area contributed by atoms with Gasteiger partial charge in [0.05, 0.1) is 12.2 Å². The van der Waals surface area contributed by atoms with E-state index in [0.717, 1.165) is 23.9 Å². The second-order valence-corrected chi connectivity index (χ2v) is 8.46. The SMILES string of the molecule is Cc1ccc(-c2nc(C(=O)NCC(C)(C)N3C[C@@H](C)O[C@H](C)C3)cs2)o1. The second kappa shape index (κ2) is 7.50. The summed E-state index contributed by atoms with van der Waals surface area (Å²) in [5, 5.41) is 5.52. The van der Waals surface area contributed by atoms with E-state index in [2.05, 4.69) is 42.9 Å². The van der Waals surface area contributed by atoms with Gasteiger partial charge in [0.2, 0.25) is 0 Å². The molecule has 0 aliphatic carbocycles. The monoisotopic (exact) mass is 377 g/mol. The van der Waals surface area contributed by atoms with Gasteiger partial charge >= 0.3 is 0 Å². The number of thiazole rings is 1. The third kappa shape index (κ3) is 4.34. The van der Waals surface area contributed by atoms with Crippen molar-refractivity contribution < 1.29 is 13.9 Å². The van der Waals surface area contributed by atoms with E-state index in [-0.39, 0.29) is 23.7 Å². The van der Waals surface area contributed by atoms with Crippen LogP contribution in [0.25, 0.3) is 10.8 Å². The molecule has 26 heavy (non-hydrogen) atoms. The molecule has 1 amide bonds. The molecule has 1 fully saturated rings. The fraction of sp³-hybridized carbons (Fsp3) is 0.579. The minimum atomic E-state index is -0.154. The average Bonchev–Trinajstić information content (AvgIpc) is 3.20. The number of morpholine rings is 1. The van der Waals surface area contributed by atoms with Crippen molar-refractivity contribution in [2.45, 2.75) is 52.4 Å². The second-order valence-electron chi connectivity index (χ2n) is 7.61. The van der Waals surface area contributed by atoms with Crippen LogP contribution in [0.4, 0.5) is 0 Å². The molecule has 142 valence electrons. The van der Waals surface area contributed by atoms with E-state index in [4.69, 9.17) is 9.15 Å². The lowest BCUT2D eigenvalue weighted by Crippen LogP contribution is -2.58. The Morgan fingerprint density at radius 1 is 1.35 bits per heavy atom. The van der Waals surface area contributed by atoms with E-state index >= 15 is 0 Å². The lowest BCUT2D eigenvalue weighted by Gasteiger charge is -2.45. The van der Waals surface area contributed by atoms with Crippen LogP contribution in [0.3, 0.4) is 0 Å². The first-order chi connectivity index (χ1) is 12.2. The summed E-state index contributed by atoms with van der Waals surface area (Å²) in [6.45, 7) is 12.6. The lowest BCUT2D eigenvalue weighted by atomic mass is 10.00. The molecule has 1 aliphatic heterocycles.